The predicted molar refractivity (Wildman–Crippen MR) is 122 cm³/mol. The zero-order valence-corrected chi connectivity index (χ0v) is 18.8. The molecule has 0 aromatic heterocycles. The third-order valence-corrected chi connectivity index (χ3v) is 6.93. The molecule has 0 spiro atoms. The van der Waals surface area contributed by atoms with Crippen molar-refractivity contribution in [1.82, 2.24) is 16.0 Å². The van der Waals surface area contributed by atoms with Gasteiger partial charge in [0, 0.05) is 43.2 Å². The van der Waals surface area contributed by atoms with Gasteiger partial charge in [0.15, 0.2) is 0 Å². The van der Waals surface area contributed by atoms with Crippen LogP contribution in [0.1, 0.15) is 44.7 Å². The third-order valence-electron chi connectivity index (χ3n) is 6.93. The highest BCUT2D eigenvalue weighted by molar-refractivity contribution is 6.02. The first-order chi connectivity index (χ1) is 16.0. The van der Waals surface area contributed by atoms with E-state index in [0.29, 0.717) is 34.5 Å². The van der Waals surface area contributed by atoms with Crippen LogP contribution in [0.2, 0.25) is 0 Å². The van der Waals surface area contributed by atoms with E-state index in [9.17, 15) is 9.59 Å². The van der Waals surface area contributed by atoms with Gasteiger partial charge in [0.1, 0.15) is 24.2 Å². The number of carbonyl (C=O) groups is 2. The van der Waals surface area contributed by atoms with Crippen molar-refractivity contribution >= 4 is 11.8 Å². The van der Waals surface area contributed by atoms with Crippen LogP contribution in [0.3, 0.4) is 0 Å². The van der Waals surface area contributed by atoms with Crippen LogP contribution < -0.4 is 25.4 Å². The SMILES string of the molecule is CNC(=O)c1cc(C(=O)NC2C3CNCC32)cc2c1OC(C)[C@H]2c1cccc(OCCO)c1. The summed E-state index contributed by atoms with van der Waals surface area (Å²) < 4.78 is 11.7. The number of aliphatic hydroxyl groups excluding tert-OH is 1. The molecule has 174 valence electrons. The maximum Gasteiger partial charge on any atom is 0.254 e. The summed E-state index contributed by atoms with van der Waals surface area (Å²) >= 11 is 0. The lowest BCUT2D eigenvalue weighted by atomic mass is 9.86. The molecule has 2 aromatic carbocycles. The number of nitrogens with one attached hydrogen (secondary N) is 3. The molecule has 2 fully saturated rings. The highest BCUT2D eigenvalue weighted by Gasteiger charge is 2.53. The van der Waals surface area contributed by atoms with Crippen LogP contribution in [0, 0.1) is 11.8 Å². The lowest BCUT2D eigenvalue weighted by Gasteiger charge is -2.17. The fraction of sp³-hybridized carbons (Fsp3) is 0.440. The minimum atomic E-state index is -0.290. The maximum absolute atomic E-state index is 13.1. The number of hydrogen-bond acceptors (Lipinski definition) is 6. The molecular formula is C25H29N3O5. The average Bonchev–Trinajstić information content (AvgIpc) is 3.15. The first-order valence-electron chi connectivity index (χ1n) is 11.4. The molecule has 0 radical (unpaired) electrons. The second kappa shape index (κ2) is 8.68. The van der Waals surface area contributed by atoms with Crippen LogP contribution in [0.15, 0.2) is 36.4 Å². The monoisotopic (exact) mass is 451 g/mol. The van der Waals surface area contributed by atoms with E-state index in [2.05, 4.69) is 16.0 Å². The first kappa shape index (κ1) is 21.7. The van der Waals surface area contributed by atoms with E-state index in [1.165, 1.54) is 0 Å². The smallest absolute Gasteiger partial charge is 0.254 e. The molecule has 3 unspecified atom stereocenters. The normalized spacial score (nSPS) is 26.7. The number of rotatable bonds is 7. The molecule has 1 saturated carbocycles. The molecule has 2 aromatic rings. The Labute approximate surface area is 192 Å². The Morgan fingerprint density at radius 2 is 1.97 bits per heavy atom. The molecule has 1 saturated heterocycles. The van der Waals surface area contributed by atoms with Gasteiger partial charge in [-0.2, -0.15) is 0 Å². The fourth-order valence-electron chi connectivity index (χ4n) is 5.23. The van der Waals surface area contributed by atoms with Crippen LogP contribution in [0.4, 0.5) is 0 Å². The predicted octanol–water partition coefficient (Wildman–Crippen LogP) is 1.28. The van der Waals surface area contributed by atoms with E-state index in [1.54, 1.807) is 13.1 Å². The van der Waals surface area contributed by atoms with Crippen molar-refractivity contribution < 1.29 is 24.2 Å². The molecule has 5 rings (SSSR count). The zero-order valence-electron chi connectivity index (χ0n) is 18.8. The highest BCUT2D eigenvalue weighted by Crippen LogP contribution is 2.46. The van der Waals surface area contributed by atoms with Gasteiger partial charge in [0.05, 0.1) is 12.2 Å². The molecule has 0 bridgehead atoms. The molecule has 2 amide bonds. The standard InChI is InChI=1S/C25H29N3O5/c1-13-21(14-4-3-5-16(8-14)32-7-6-29)17-9-15(10-18(23(17)33-13)25(31)26-2)24(30)28-22-19-11-27-12-20(19)22/h3-5,8-10,13,19-22,27,29H,6-7,11-12H2,1-2H3,(H,26,31)(H,28,30)/t13?,19?,20?,21-,22?/m0/s1. The molecule has 8 nitrogen and oxygen atoms in total. The van der Waals surface area contributed by atoms with Gasteiger partial charge in [-0.15, -0.1) is 0 Å². The van der Waals surface area contributed by atoms with E-state index in [-0.39, 0.29) is 43.1 Å². The lowest BCUT2D eigenvalue weighted by molar-refractivity contribution is 0.0946. The number of piperidine rings is 1. The number of aliphatic hydroxyl groups is 1. The number of benzene rings is 2. The van der Waals surface area contributed by atoms with Crippen molar-refractivity contribution in [3.8, 4) is 11.5 Å². The van der Waals surface area contributed by atoms with Gasteiger partial charge in [-0.1, -0.05) is 12.1 Å². The molecule has 1 aliphatic carbocycles. The van der Waals surface area contributed by atoms with Crippen LogP contribution in [-0.2, 0) is 0 Å². The maximum atomic E-state index is 13.1. The van der Waals surface area contributed by atoms with E-state index < -0.39 is 0 Å². The van der Waals surface area contributed by atoms with Crippen molar-refractivity contribution in [3.05, 3.63) is 58.7 Å². The number of fused-ring (bicyclic) bond motifs is 2. The Hall–Kier alpha value is -3.10. The lowest BCUT2D eigenvalue weighted by Crippen LogP contribution is -2.32. The average molecular weight is 452 g/mol. The van der Waals surface area contributed by atoms with Gasteiger partial charge in [-0.05, 0) is 48.6 Å². The van der Waals surface area contributed by atoms with Crippen LogP contribution in [-0.4, -0.2) is 62.4 Å². The Morgan fingerprint density at radius 1 is 1.18 bits per heavy atom. The number of amides is 2. The minimum absolute atomic E-state index is 0.0667. The van der Waals surface area contributed by atoms with Crippen molar-refractivity contribution in [3.63, 3.8) is 0 Å². The fourth-order valence-corrected chi connectivity index (χ4v) is 5.23. The summed E-state index contributed by atoms with van der Waals surface area (Å²) in [6, 6.07) is 11.3. The first-order valence-corrected chi connectivity index (χ1v) is 11.4. The van der Waals surface area contributed by atoms with E-state index >= 15 is 0 Å². The van der Waals surface area contributed by atoms with Crippen molar-refractivity contribution in [2.45, 2.75) is 25.0 Å². The summed E-state index contributed by atoms with van der Waals surface area (Å²) in [7, 11) is 1.57. The van der Waals surface area contributed by atoms with Gasteiger partial charge >= 0.3 is 0 Å². The van der Waals surface area contributed by atoms with E-state index in [0.717, 1.165) is 24.2 Å². The van der Waals surface area contributed by atoms with Crippen LogP contribution >= 0.6 is 0 Å². The van der Waals surface area contributed by atoms with Crippen molar-refractivity contribution in [1.29, 1.82) is 0 Å². The number of hydrogen-bond donors (Lipinski definition) is 4. The molecule has 8 heteroatoms. The third kappa shape index (κ3) is 3.94. The number of carbonyl (C=O) groups excluding carboxylic acids is 2. The topological polar surface area (TPSA) is 109 Å². The summed E-state index contributed by atoms with van der Waals surface area (Å²) in [6.07, 6.45) is -0.233. The summed E-state index contributed by atoms with van der Waals surface area (Å²) in [5.41, 5.74) is 2.59. The second-order valence-electron chi connectivity index (χ2n) is 8.95. The molecule has 4 N–H and O–H groups in total. The van der Waals surface area contributed by atoms with Crippen LogP contribution in [0.5, 0.6) is 11.5 Å². The molecule has 33 heavy (non-hydrogen) atoms. The van der Waals surface area contributed by atoms with Gasteiger partial charge in [0.25, 0.3) is 11.8 Å². The Bertz CT molecular complexity index is 1080. The van der Waals surface area contributed by atoms with Gasteiger partial charge < -0.3 is 30.5 Å². The van der Waals surface area contributed by atoms with Gasteiger partial charge in [-0.3, -0.25) is 9.59 Å². The quantitative estimate of drug-likeness (QED) is 0.505. The second-order valence-corrected chi connectivity index (χ2v) is 8.95. The number of ether oxygens (including phenoxy) is 2. The summed E-state index contributed by atoms with van der Waals surface area (Å²) in [4.78, 5) is 25.8. The Balaban J connectivity index is 1.50. The Kier molecular flexibility index (Phi) is 5.72. The molecule has 4 atom stereocenters. The molecule has 2 heterocycles. The van der Waals surface area contributed by atoms with E-state index in [1.807, 2.05) is 37.3 Å². The summed E-state index contributed by atoms with van der Waals surface area (Å²) in [6.45, 7) is 3.97. The van der Waals surface area contributed by atoms with E-state index in [4.69, 9.17) is 14.6 Å². The summed E-state index contributed by atoms with van der Waals surface area (Å²) in [5.74, 6) is 1.54. The molecular weight excluding hydrogens is 422 g/mol. The van der Waals surface area contributed by atoms with Crippen molar-refractivity contribution in [2.24, 2.45) is 11.8 Å². The van der Waals surface area contributed by atoms with Crippen LogP contribution in [0.25, 0.3) is 0 Å². The Morgan fingerprint density at radius 3 is 2.70 bits per heavy atom. The molecule has 3 aliphatic rings. The highest BCUT2D eigenvalue weighted by atomic mass is 16.5. The zero-order chi connectivity index (χ0) is 23.1. The summed E-state index contributed by atoms with van der Waals surface area (Å²) in [5, 5.41) is 18.2. The molecule has 2 aliphatic heterocycles. The minimum Gasteiger partial charge on any atom is -0.491 e. The largest absolute Gasteiger partial charge is 0.491 e. The van der Waals surface area contributed by atoms with Gasteiger partial charge in [-0.25, -0.2) is 0 Å². The van der Waals surface area contributed by atoms with Gasteiger partial charge in [0.2, 0.25) is 0 Å². The van der Waals surface area contributed by atoms with Crippen molar-refractivity contribution in [2.75, 3.05) is 33.4 Å².